The standard InChI is InChI=1S/C30H30Br2N4O4/c1-19(2)17-40-30(38)35-27(14-22-16-33-26-11-7-6-10-23(22)26)29(37)36-34-15-21-12-24(31)28(25(32)13-21)39-18-20-8-4-3-5-9-20/h3-13,15-16,19,27,33H,14,17-18H2,1-2H3,(H,35,38)(H,36,37)/b34-15-/t27-/m0/s1. The Balaban J connectivity index is 1.43. The van der Waals surface area contributed by atoms with Crippen molar-refractivity contribution in [3.8, 4) is 5.75 Å². The molecule has 1 heterocycles. The van der Waals surface area contributed by atoms with E-state index in [1.165, 1.54) is 6.21 Å². The number of aromatic nitrogens is 1. The number of nitrogens with one attached hydrogen (secondary N) is 3. The summed E-state index contributed by atoms with van der Waals surface area (Å²) in [6.45, 7) is 4.56. The molecule has 0 unspecified atom stereocenters. The van der Waals surface area contributed by atoms with Crippen LogP contribution in [0.15, 0.2) is 87.0 Å². The second kappa shape index (κ2) is 14.1. The SMILES string of the molecule is CC(C)COC(=O)N[C@@H](Cc1c[nH]c2ccccc12)C(=O)N/N=C\c1cc(Br)c(OCc2ccccc2)c(Br)c1. The Morgan fingerprint density at radius 1 is 1.02 bits per heavy atom. The fourth-order valence-electron chi connectivity index (χ4n) is 3.93. The lowest BCUT2D eigenvalue weighted by molar-refractivity contribution is -0.123. The van der Waals surface area contributed by atoms with Gasteiger partial charge in [-0.1, -0.05) is 62.4 Å². The second-order valence-electron chi connectivity index (χ2n) is 9.58. The topological polar surface area (TPSA) is 105 Å². The van der Waals surface area contributed by atoms with Gasteiger partial charge in [0.15, 0.2) is 0 Å². The normalized spacial score (nSPS) is 12.0. The van der Waals surface area contributed by atoms with E-state index in [2.05, 4.69) is 52.7 Å². The van der Waals surface area contributed by atoms with Crippen LogP contribution in [-0.2, 0) is 22.6 Å². The molecule has 0 spiro atoms. The highest BCUT2D eigenvalue weighted by Crippen LogP contribution is 2.35. The molecule has 2 amide bonds. The molecule has 0 bridgehead atoms. The molecule has 3 N–H and O–H groups in total. The van der Waals surface area contributed by atoms with Crippen molar-refractivity contribution in [1.29, 1.82) is 0 Å². The van der Waals surface area contributed by atoms with Crippen LogP contribution in [0.1, 0.15) is 30.5 Å². The number of alkyl carbamates (subject to hydrolysis) is 1. The summed E-state index contributed by atoms with van der Waals surface area (Å²) >= 11 is 7.10. The Labute approximate surface area is 249 Å². The van der Waals surface area contributed by atoms with Crippen LogP contribution in [0.25, 0.3) is 10.9 Å². The van der Waals surface area contributed by atoms with Crippen LogP contribution in [0.5, 0.6) is 5.75 Å². The third-order valence-electron chi connectivity index (χ3n) is 5.89. The number of carbonyl (C=O) groups is 2. The van der Waals surface area contributed by atoms with Gasteiger partial charge >= 0.3 is 6.09 Å². The fraction of sp³-hybridized carbons (Fsp3) is 0.233. The van der Waals surface area contributed by atoms with E-state index < -0.39 is 18.0 Å². The number of H-pyrrole nitrogens is 1. The average molecular weight is 670 g/mol. The molecule has 1 aromatic heterocycles. The number of ether oxygens (including phenoxy) is 2. The molecule has 0 radical (unpaired) electrons. The first-order valence-electron chi connectivity index (χ1n) is 12.8. The van der Waals surface area contributed by atoms with E-state index in [0.29, 0.717) is 12.4 Å². The average Bonchev–Trinajstić information content (AvgIpc) is 3.34. The van der Waals surface area contributed by atoms with Gasteiger partial charge in [-0.3, -0.25) is 4.79 Å². The van der Waals surface area contributed by atoms with Crippen LogP contribution in [0.3, 0.4) is 0 Å². The molecule has 0 aliphatic carbocycles. The smallest absolute Gasteiger partial charge is 0.407 e. The summed E-state index contributed by atoms with van der Waals surface area (Å²) in [5, 5.41) is 7.80. The molecule has 10 heteroatoms. The molecule has 0 aliphatic rings. The molecule has 4 rings (SSSR count). The number of rotatable bonds is 11. The quantitative estimate of drug-likeness (QED) is 0.122. The number of fused-ring (bicyclic) bond motifs is 1. The van der Waals surface area contributed by atoms with Crippen molar-refractivity contribution >= 4 is 61.0 Å². The first-order valence-corrected chi connectivity index (χ1v) is 14.4. The molecule has 208 valence electrons. The van der Waals surface area contributed by atoms with E-state index in [-0.39, 0.29) is 18.9 Å². The Morgan fingerprint density at radius 2 is 1.73 bits per heavy atom. The highest BCUT2D eigenvalue weighted by molar-refractivity contribution is 9.11. The number of hydrogen-bond acceptors (Lipinski definition) is 5. The predicted molar refractivity (Wildman–Crippen MR) is 163 cm³/mol. The summed E-state index contributed by atoms with van der Waals surface area (Å²) in [5.41, 5.74) is 6.17. The van der Waals surface area contributed by atoms with Gasteiger partial charge in [0.05, 0.1) is 21.8 Å². The van der Waals surface area contributed by atoms with Gasteiger partial charge in [-0.05, 0) is 72.7 Å². The molecule has 0 saturated carbocycles. The van der Waals surface area contributed by atoms with Gasteiger partial charge in [-0.25, -0.2) is 10.2 Å². The van der Waals surface area contributed by atoms with Gasteiger partial charge in [0, 0.05) is 23.5 Å². The summed E-state index contributed by atoms with van der Waals surface area (Å²) in [6.07, 6.45) is 2.96. The number of benzene rings is 3. The molecule has 1 atom stereocenters. The minimum Gasteiger partial charge on any atom is -0.487 e. The van der Waals surface area contributed by atoms with Gasteiger partial charge in [0.25, 0.3) is 5.91 Å². The van der Waals surface area contributed by atoms with Crippen molar-refractivity contribution in [1.82, 2.24) is 15.7 Å². The maximum absolute atomic E-state index is 13.1. The van der Waals surface area contributed by atoms with Crippen molar-refractivity contribution in [3.05, 3.63) is 98.6 Å². The maximum Gasteiger partial charge on any atom is 0.407 e. The van der Waals surface area contributed by atoms with Crippen molar-refractivity contribution in [3.63, 3.8) is 0 Å². The zero-order valence-electron chi connectivity index (χ0n) is 22.1. The van der Waals surface area contributed by atoms with E-state index in [1.807, 2.05) is 86.8 Å². The second-order valence-corrected chi connectivity index (χ2v) is 11.3. The van der Waals surface area contributed by atoms with Gasteiger partial charge in [-0.15, -0.1) is 0 Å². The van der Waals surface area contributed by atoms with Crippen molar-refractivity contribution < 1.29 is 19.1 Å². The number of hydrazone groups is 1. The minimum absolute atomic E-state index is 0.171. The highest BCUT2D eigenvalue weighted by atomic mass is 79.9. The van der Waals surface area contributed by atoms with Crippen LogP contribution in [-0.4, -0.2) is 35.8 Å². The van der Waals surface area contributed by atoms with Gasteiger partial charge < -0.3 is 19.8 Å². The molecular weight excluding hydrogens is 640 g/mol. The first kappa shape index (κ1) is 29.4. The van der Waals surface area contributed by atoms with E-state index in [0.717, 1.165) is 36.5 Å². The summed E-state index contributed by atoms with van der Waals surface area (Å²) in [6, 6.07) is 20.4. The summed E-state index contributed by atoms with van der Waals surface area (Å²) in [7, 11) is 0. The Morgan fingerprint density at radius 3 is 2.45 bits per heavy atom. The largest absolute Gasteiger partial charge is 0.487 e. The number of para-hydroxylation sites is 1. The van der Waals surface area contributed by atoms with Crippen molar-refractivity contribution in [2.75, 3.05) is 6.61 Å². The van der Waals surface area contributed by atoms with E-state index in [1.54, 1.807) is 0 Å². The van der Waals surface area contributed by atoms with Crippen molar-refractivity contribution in [2.24, 2.45) is 11.0 Å². The molecule has 4 aromatic rings. The number of aromatic amines is 1. The third kappa shape index (κ3) is 8.19. The van der Waals surface area contributed by atoms with E-state index in [4.69, 9.17) is 9.47 Å². The van der Waals surface area contributed by atoms with E-state index in [9.17, 15) is 9.59 Å². The summed E-state index contributed by atoms with van der Waals surface area (Å²) in [5.74, 6) is 0.363. The minimum atomic E-state index is -0.900. The zero-order valence-corrected chi connectivity index (χ0v) is 25.3. The number of carbonyl (C=O) groups excluding carboxylic acids is 2. The van der Waals surface area contributed by atoms with Crippen LogP contribution >= 0.6 is 31.9 Å². The Bertz CT molecular complexity index is 1460. The maximum atomic E-state index is 13.1. The highest BCUT2D eigenvalue weighted by Gasteiger charge is 2.23. The molecular formula is C30H30Br2N4O4. The van der Waals surface area contributed by atoms with Gasteiger partial charge in [0.1, 0.15) is 18.4 Å². The first-order chi connectivity index (χ1) is 19.3. The van der Waals surface area contributed by atoms with Crippen LogP contribution in [0.2, 0.25) is 0 Å². The number of hydrogen-bond donors (Lipinski definition) is 3. The molecule has 40 heavy (non-hydrogen) atoms. The fourth-order valence-corrected chi connectivity index (χ4v) is 5.38. The summed E-state index contributed by atoms with van der Waals surface area (Å²) < 4.78 is 12.7. The lowest BCUT2D eigenvalue weighted by Crippen LogP contribution is -2.47. The summed E-state index contributed by atoms with van der Waals surface area (Å²) in [4.78, 5) is 28.8. The molecule has 8 nitrogen and oxygen atoms in total. The molecule has 3 aromatic carbocycles. The van der Waals surface area contributed by atoms with E-state index >= 15 is 0 Å². The Kier molecular flexibility index (Phi) is 10.4. The molecule has 0 fully saturated rings. The lowest BCUT2D eigenvalue weighted by atomic mass is 10.0. The van der Waals surface area contributed by atoms with Gasteiger partial charge in [-0.2, -0.15) is 5.10 Å². The number of halogens is 2. The van der Waals surface area contributed by atoms with Gasteiger partial charge in [0.2, 0.25) is 0 Å². The lowest BCUT2D eigenvalue weighted by Gasteiger charge is -2.17. The number of amides is 2. The van der Waals surface area contributed by atoms with Crippen LogP contribution in [0.4, 0.5) is 4.79 Å². The van der Waals surface area contributed by atoms with Crippen LogP contribution in [0, 0.1) is 5.92 Å². The monoisotopic (exact) mass is 668 g/mol. The predicted octanol–water partition coefficient (Wildman–Crippen LogP) is 6.72. The molecule has 0 saturated heterocycles. The number of nitrogens with zero attached hydrogens (tertiary/aromatic N) is 1. The van der Waals surface area contributed by atoms with Crippen LogP contribution < -0.4 is 15.5 Å². The molecule has 0 aliphatic heterocycles. The Hall–Kier alpha value is -3.63. The zero-order chi connectivity index (χ0) is 28.5. The third-order valence-corrected chi connectivity index (χ3v) is 7.07. The van der Waals surface area contributed by atoms with Crippen molar-refractivity contribution in [2.45, 2.75) is 32.9 Å².